The Morgan fingerprint density at radius 2 is 2.25 bits per heavy atom. The Bertz CT molecular complexity index is 594. The van der Waals surface area contributed by atoms with Crippen LogP contribution in [0, 0.1) is 6.92 Å². The van der Waals surface area contributed by atoms with E-state index in [4.69, 9.17) is 0 Å². The molecule has 0 aliphatic carbocycles. The number of hydrogen-bond acceptors (Lipinski definition) is 2. The molecule has 0 saturated carbocycles. The maximum Gasteiger partial charge on any atom is 0.321 e. The lowest BCUT2D eigenvalue weighted by molar-refractivity contribution is 0.222. The number of rotatable bonds is 2. The Morgan fingerprint density at radius 1 is 1.35 bits per heavy atom. The van der Waals surface area contributed by atoms with Gasteiger partial charge in [-0.3, -0.25) is 0 Å². The van der Waals surface area contributed by atoms with Crippen LogP contribution in [0.4, 0.5) is 10.5 Å². The molecule has 20 heavy (non-hydrogen) atoms. The van der Waals surface area contributed by atoms with Gasteiger partial charge < -0.3 is 10.2 Å². The highest BCUT2D eigenvalue weighted by atomic mass is 32.1. The molecule has 2 amide bonds. The first-order valence-electron chi connectivity index (χ1n) is 6.88. The van der Waals surface area contributed by atoms with Gasteiger partial charge in [0.2, 0.25) is 0 Å². The summed E-state index contributed by atoms with van der Waals surface area (Å²) in [6, 6.07) is 12.2. The summed E-state index contributed by atoms with van der Waals surface area (Å²) < 4.78 is 0. The number of thiophene rings is 1. The number of likely N-dealkylation sites (tertiary alicyclic amines) is 1. The molecule has 4 heteroatoms. The van der Waals surface area contributed by atoms with Gasteiger partial charge in [-0.05, 0) is 42.5 Å². The van der Waals surface area contributed by atoms with Gasteiger partial charge in [-0.25, -0.2) is 4.79 Å². The summed E-state index contributed by atoms with van der Waals surface area (Å²) in [4.78, 5) is 15.6. The number of carbonyl (C=O) groups is 1. The van der Waals surface area contributed by atoms with Crippen molar-refractivity contribution >= 4 is 23.1 Å². The van der Waals surface area contributed by atoms with Gasteiger partial charge in [0, 0.05) is 29.6 Å². The van der Waals surface area contributed by atoms with E-state index < -0.39 is 0 Å². The SMILES string of the molecule is Cc1cccc(NC(=O)N2CCC(c3cccs3)C2)c1. The van der Waals surface area contributed by atoms with Crippen LogP contribution in [0.15, 0.2) is 41.8 Å². The molecule has 1 aliphatic rings. The van der Waals surface area contributed by atoms with Gasteiger partial charge in [0.25, 0.3) is 0 Å². The number of amides is 2. The summed E-state index contributed by atoms with van der Waals surface area (Å²) in [6.45, 7) is 3.68. The number of hydrogen-bond donors (Lipinski definition) is 1. The van der Waals surface area contributed by atoms with E-state index in [9.17, 15) is 4.79 Å². The van der Waals surface area contributed by atoms with Crippen LogP contribution in [0.2, 0.25) is 0 Å². The van der Waals surface area contributed by atoms with Crippen LogP contribution in [0.1, 0.15) is 22.8 Å². The highest BCUT2D eigenvalue weighted by molar-refractivity contribution is 7.10. The van der Waals surface area contributed by atoms with E-state index >= 15 is 0 Å². The molecule has 1 atom stereocenters. The first-order valence-corrected chi connectivity index (χ1v) is 7.76. The molecule has 1 saturated heterocycles. The zero-order valence-corrected chi connectivity index (χ0v) is 12.3. The van der Waals surface area contributed by atoms with Crippen molar-refractivity contribution in [2.45, 2.75) is 19.3 Å². The summed E-state index contributed by atoms with van der Waals surface area (Å²) >= 11 is 1.78. The second-order valence-corrected chi connectivity index (χ2v) is 6.23. The third kappa shape index (κ3) is 2.85. The molecule has 1 N–H and O–H groups in total. The van der Waals surface area contributed by atoms with Crippen LogP contribution >= 0.6 is 11.3 Å². The number of nitrogens with zero attached hydrogens (tertiary/aromatic N) is 1. The van der Waals surface area contributed by atoms with E-state index in [0.717, 1.165) is 30.8 Å². The molecule has 1 aromatic heterocycles. The van der Waals surface area contributed by atoms with Gasteiger partial charge in [0.05, 0.1) is 0 Å². The Labute approximate surface area is 123 Å². The zero-order chi connectivity index (χ0) is 13.9. The third-order valence-corrected chi connectivity index (χ3v) is 4.73. The maximum atomic E-state index is 12.3. The molecule has 0 radical (unpaired) electrons. The molecule has 3 rings (SSSR count). The van der Waals surface area contributed by atoms with Crippen LogP contribution in [0.3, 0.4) is 0 Å². The maximum absolute atomic E-state index is 12.3. The predicted molar refractivity (Wildman–Crippen MR) is 83.4 cm³/mol. The lowest BCUT2D eigenvalue weighted by Gasteiger charge is -2.17. The first-order chi connectivity index (χ1) is 9.72. The minimum Gasteiger partial charge on any atom is -0.324 e. The molecule has 2 heterocycles. The summed E-state index contributed by atoms with van der Waals surface area (Å²) in [5.41, 5.74) is 2.02. The average Bonchev–Trinajstić information content (AvgIpc) is 3.10. The van der Waals surface area contributed by atoms with Crippen molar-refractivity contribution in [3.8, 4) is 0 Å². The highest BCUT2D eigenvalue weighted by Gasteiger charge is 2.27. The summed E-state index contributed by atoms with van der Waals surface area (Å²) in [7, 11) is 0. The standard InChI is InChI=1S/C16H18N2OS/c1-12-4-2-5-14(10-12)17-16(19)18-8-7-13(11-18)15-6-3-9-20-15/h2-6,9-10,13H,7-8,11H2,1H3,(H,17,19). The Morgan fingerprint density at radius 3 is 3.00 bits per heavy atom. The van der Waals surface area contributed by atoms with Crippen molar-refractivity contribution in [1.29, 1.82) is 0 Å². The third-order valence-electron chi connectivity index (χ3n) is 3.69. The number of anilines is 1. The van der Waals surface area contributed by atoms with Crippen LogP contribution in [0.25, 0.3) is 0 Å². The van der Waals surface area contributed by atoms with E-state index in [0.29, 0.717) is 5.92 Å². The molecule has 0 spiro atoms. The Kier molecular flexibility index (Phi) is 3.74. The minimum atomic E-state index is 0.00894. The number of carbonyl (C=O) groups excluding carboxylic acids is 1. The predicted octanol–water partition coefficient (Wildman–Crippen LogP) is 4.08. The molecule has 1 aliphatic heterocycles. The van der Waals surface area contributed by atoms with E-state index in [1.54, 1.807) is 11.3 Å². The minimum absolute atomic E-state index is 0.00894. The first kappa shape index (κ1) is 13.2. The fourth-order valence-corrected chi connectivity index (χ4v) is 3.48. The molecular weight excluding hydrogens is 268 g/mol. The topological polar surface area (TPSA) is 32.3 Å². The van der Waals surface area contributed by atoms with E-state index in [1.165, 1.54) is 4.88 Å². The van der Waals surface area contributed by atoms with Crippen molar-refractivity contribution in [1.82, 2.24) is 4.90 Å². The quantitative estimate of drug-likeness (QED) is 0.886. The van der Waals surface area contributed by atoms with Gasteiger partial charge in [-0.2, -0.15) is 0 Å². The van der Waals surface area contributed by atoms with E-state index in [1.807, 2.05) is 36.1 Å². The van der Waals surface area contributed by atoms with E-state index in [-0.39, 0.29) is 6.03 Å². The zero-order valence-electron chi connectivity index (χ0n) is 11.5. The lowest BCUT2D eigenvalue weighted by atomic mass is 10.1. The summed E-state index contributed by atoms with van der Waals surface area (Å²) in [5.74, 6) is 0.498. The van der Waals surface area contributed by atoms with Gasteiger partial charge in [-0.1, -0.05) is 18.2 Å². The Balaban J connectivity index is 1.61. The van der Waals surface area contributed by atoms with Crippen molar-refractivity contribution in [2.24, 2.45) is 0 Å². The molecule has 1 unspecified atom stereocenters. The van der Waals surface area contributed by atoms with Crippen LogP contribution < -0.4 is 5.32 Å². The smallest absolute Gasteiger partial charge is 0.321 e. The lowest BCUT2D eigenvalue weighted by Crippen LogP contribution is -2.32. The molecule has 1 fully saturated rings. The van der Waals surface area contributed by atoms with Gasteiger partial charge in [0.15, 0.2) is 0 Å². The van der Waals surface area contributed by atoms with Crippen molar-refractivity contribution in [3.63, 3.8) is 0 Å². The Hall–Kier alpha value is -1.81. The monoisotopic (exact) mass is 286 g/mol. The van der Waals surface area contributed by atoms with Crippen molar-refractivity contribution in [2.75, 3.05) is 18.4 Å². The summed E-state index contributed by atoms with van der Waals surface area (Å²) in [5, 5.41) is 5.08. The fourth-order valence-electron chi connectivity index (χ4n) is 2.63. The molecule has 1 aromatic carbocycles. The van der Waals surface area contributed by atoms with Crippen LogP contribution in [-0.2, 0) is 0 Å². The second kappa shape index (κ2) is 5.67. The van der Waals surface area contributed by atoms with Crippen molar-refractivity contribution < 1.29 is 4.79 Å². The van der Waals surface area contributed by atoms with Gasteiger partial charge in [0.1, 0.15) is 0 Å². The second-order valence-electron chi connectivity index (χ2n) is 5.25. The normalized spacial score (nSPS) is 18.2. The number of benzene rings is 1. The molecule has 0 bridgehead atoms. The largest absolute Gasteiger partial charge is 0.324 e. The molecule has 104 valence electrons. The fraction of sp³-hybridized carbons (Fsp3) is 0.312. The molecule has 2 aromatic rings. The summed E-state index contributed by atoms with van der Waals surface area (Å²) in [6.07, 6.45) is 1.06. The van der Waals surface area contributed by atoms with Crippen LogP contribution in [0.5, 0.6) is 0 Å². The molecular formula is C16H18N2OS. The van der Waals surface area contributed by atoms with E-state index in [2.05, 4.69) is 22.8 Å². The van der Waals surface area contributed by atoms with Gasteiger partial charge >= 0.3 is 6.03 Å². The number of aryl methyl sites for hydroxylation is 1. The van der Waals surface area contributed by atoms with Crippen molar-refractivity contribution in [3.05, 3.63) is 52.2 Å². The highest BCUT2D eigenvalue weighted by Crippen LogP contribution is 2.30. The number of urea groups is 1. The number of nitrogens with one attached hydrogen (secondary N) is 1. The van der Waals surface area contributed by atoms with Crippen LogP contribution in [-0.4, -0.2) is 24.0 Å². The van der Waals surface area contributed by atoms with Gasteiger partial charge in [-0.15, -0.1) is 11.3 Å². The molecule has 3 nitrogen and oxygen atoms in total. The average molecular weight is 286 g/mol.